The molecule has 0 aliphatic rings. The van der Waals surface area contributed by atoms with Crippen LogP contribution in [-0.4, -0.2) is 23.0 Å². The third-order valence-electron chi connectivity index (χ3n) is 2.40. The van der Waals surface area contributed by atoms with Crippen molar-refractivity contribution in [3.05, 3.63) is 23.7 Å². The van der Waals surface area contributed by atoms with Gasteiger partial charge in [-0.05, 0) is 25.5 Å². The van der Waals surface area contributed by atoms with E-state index in [9.17, 15) is 9.59 Å². The van der Waals surface area contributed by atoms with Gasteiger partial charge in [-0.2, -0.15) is 0 Å². The van der Waals surface area contributed by atoms with E-state index < -0.39 is 5.97 Å². The zero-order valence-electron chi connectivity index (χ0n) is 10.0. The molecule has 0 aliphatic heterocycles. The molecule has 1 atom stereocenters. The summed E-state index contributed by atoms with van der Waals surface area (Å²) in [4.78, 5) is 22.0. The molecule has 17 heavy (non-hydrogen) atoms. The van der Waals surface area contributed by atoms with Crippen molar-refractivity contribution in [2.24, 2.45) is 0 Å². The predicted molar refractivity (Wildman–Crippen MR) is 61.9 cm³/mol. The number of carboxylic acids is 1. The van der Waals surface area contributed by atoms with E-state index in [-0.39, 0.29) is 24.1 Å². The van der Waals surface area contributed by atoms with Gasteiger partial charge in [0.25, 0.3) is 5.91 Å². The smallest absolute Gasteiger partial charge is 0.303 e. The van der Waals surface area contributed by atoms with Gasteiger partial charge >= 0.3 is 5.97 Å². The van der Waals surface area contributed by atoms with Crippen molar-refractivity contribution >= 4 is 11.9 Å². The zero-order valence-corrected chi connectivity index (χ0v) is 10.0. The summed E-state index contributed by atoms with van der Waals surface area (Å²) in [5, 5.41) is 11.2. The van der Waals surface area contributed by atoms with Crippen molar-refractivity contribution in [2.75, 3.05) is 0 Å². The van der Waals surface area contributed by atoms with Crippen LogP contribution in [-0.2, 0) is 11.2 Å². The number of carbonyl (C=O) groups excluding carboxylic acids is 1. The molecule has 0 saturated heterocycles. The van der Waals surface area contributed by atoms with Crippen LogP contribution >= 0.6 is 0 Å². The van der Waals surface area contributed by atoms with Crippen LogP contribution in [0.5, 0.6) is 0 Å². The molecular weight excluding hydrogens is 222 g/mol. The monoisotopic (exact) mass is 239 g/mol. The summed E-state index contributed by atoms with van der Waals surface area (Å²) >= 11 is 0. The number of hydrogen-bond acceptors (Lipinski definition) is 3. The number of hydrogen-bond donors (Lipinski definition) is 2. The number of furan rings is 1. The van der Waals surface area contributed by atoms with Gasteiger partial charge in [0, 0.05) is 18.9 Å². The van der Waals surface area contributed by atoms with E-state index in [1.807, 2.05) is 6.92 Å². The maximum absolute atomic E-state index is 11.7. The SMILES string of the molecule is CCc1ccc(C(=O)N[C@H](C)CCC(=O)O)o1. The fourth-order valence-corrected chi connectivity index (χ4v) is 1.40. The Balaban J connectivity index is 2.45. The fourth-order valence-electron chi connectivity index (χ4n) is 1.40. The van der Waals surface area contributed by atoms with Gasteiger partial charge in [-0.1, -0.05) is 6.92 Å². The van der Waals surface area contributed by atoms with Crippen LogP contribution in [0.4, 0.5) is 0 Å². The lowest BCUT2D eigenvalue weighted by Gasteiger charge is -2.11. The molecule has 0 spiro atoms. The van der Waals surface area contributed by atoms with E-state index in [2.05, 4.69) is 5.32 Å². The Labute approximate surface area is 99.8 Å². The highest BCUT2D eigenvalue weighted by Crippen LogP contribution is 2.09. The molecule has 0 saturated carbocycles. The first-order valence-corrected chi connectivity index (χ1v) is 5.64. The number of carboxylic acid groups (broad SMARTS) is 1. The molecule has 0 aromatic carbocycles. The predicted octanol–water partition coefficient (Wildman–Crippen LogP) is 1.83. The van der Waals surface area contributed by atoms with E-state index >= 15 is 0 Å². The van der Waals surface area contributed by atoms with Crippen LogP contribution in [0.25, 0.3) is 0 Å². The van der Waals surface area contributed by atoms with Gasteiger partial charge in [-0.3, -0.25) is 9.59 Å². The summed E-state index contributed by atoms with van der Waals surface area (Å²) in [6.45, 7) is 3.71. The van der Waals surface area contributed by atoms with Gasteiger partial charge in [0.15, 0.2) is 5.76 Å². The Bertz CT molecular complexity index is 397. The van der Waals surface area contributed by atoms with Crippen LogP contribution in [0.3, 0.4) is 0 Å². The Hall–Kier alpha value is -1.78. The lowest BCUT2D eigenvalue weighted by atomic mass is 10.2. The summed E-state index contributed by atoms with van der Waals surface area (Å²) in [5.41, 5.74) is 0. The molecule has 1 amide bonds. The van der Waals surface area contributed by atoms with Crippen molar-refractivity contribution in [2.45, 2.75) is 39.2 Å². The van der Waals surface area contributed by atoms with Gasteiger partial charge in [-0.25, -0.2) is 0 Å². The lowest BCUT2D eigenvalue weighted by Crippen LogP contribution is -2.32. The van der Waals surface area contributed by atoms with Gasteiger partial charge in [-0.15, -0.1) is 0 Å². The second-order valence-electron chi connectivity index (χ2n) is 3.93. The molecule has 0 aliphatic carbocycles. The molecule has 1 heterocycles. The third-order valence-corrected chi connectivity index (χ3v) is 2.40. The van der Waals surface area contributed by atoms with Gasteiger partial charge in [0.1, 0.15) is 5.76 Å². The highest BCUT2D eigenvalue weighted by atomic mass is 16.4. The second-order valence-corrected chi connectivity index (χ2v) is 3.93. The van der Waals surface area contributed by atoms with E-state index in [1.54, 1.807) is 19.1 Å². The summed E-state index contributed by atoms with van der Waals surface area (Å²) in [7, 11) is 0. The maximum atomic E-state index is 11.7. The summed E-state index contributed by atoms with van der Waals surface area (Å²) in [6, 6.07) is 3.20. The second kappa shape index (κ2) is 6.08. The first kappa shape index (κ1) is 13.3. The number of rotatable bonds is 6. The van der Waals surface area contributed by atoms with Crippen molar-refractivity contribution in [3.8, 4) is 0 Å². The quantitative estimate of drug-likeness (QED) is 0.793. The molecular formula is C12H17NO4. The molecule has 0 unspecified atom stereocenters. The number of aryl methyl sites for hydroxylation is 1. The third kappa shape index (κ3) is 4.30. The van der Waals surface area contributed by atoms with Crippen molar-refractivity contribution in [1.29, 1.82) is 0 Å². The maximum Gasteiger partial charge on any atom is 0.303 e. The van der Waals surface area contributed by atoms with E-state index in [0.717, 1.165) is 12.2 Å². The van der Waals surface area contributed by atoms with E-state index in [1.165, 1.54) is 0 Å². The molecule has 1 rings (SSSR count). The Morgan fingerprint density at radius 3 is 2.71 bits per heavy atom. The molecule has 5 heteroatoms. The minimum absolute atomic E-state index is 0.0415. The summed E-state index contributed by atoms with van der Waals surface area (Å²) in [6.07, 6.45) is 1.18. The molecule has 2 N–H and O–H groups in total. The zero-order chi connectivity index (χ0) is 12.8. The minimum Gasteiger partial charge on any atom is -0.481 e. The van der Waals surface area contributed by atoms with E-state index in [0.29, 0.717) is 6.42 Å². The Morgan fingerprint density at radius 2 is 2.18 bits per heavy atom. The van der Waals surface area contributed by atoms with Crippen molar-refractivity contribution < 1.29 is 19.1 Å². The number of nitrogens with one attached hydrogen (secondary N) is 1. The van der Waals surface area contributed by atoms with Crippen LogP contribution in [0.2, 0.25) is 0 Å². The number of amides is 1. The standard InChI is InChI=1S/C12H17NO4/c1-3-9-5-6-10(17-9)12(16)13-8(2)4-7-11(14)15/h5-6,8H,3-4,7H2,1-2H3,(H,13,16)(H,14,15)/t8-/m1/s1. The highest BCUT2D eigenvalue weighted by Gasteiger charge is 2.14. The van der Waals surface area contributed by atoms with Crippen LogP contribution < -0.4 is 5.32 Å². The van der Waals surface area contributed by atoms with Crippen LogP contribution in [0.15, 0.2) is 16.5 Å². The fraction of sp³-hybridized carbons (Fsp3) is 0.500. The van der Waals surface area contributed by atoms with Crippen LogP contribution in [0.1, 0.15) is 43.0 Å². The number of carbonyl (C=O) groups is 2. The summed E-state index contributed by atoms with van der Waals surface area (Å²) in [5.74, 6) is -0.141. The first-order valence-electron chi connectivity index (χ1n) is 5.64. The largest absolute Gasteiger partial charge is 0.481 e. The normalized spacial score (nSPS) is 12.1. The van der Waals surface area contributed by atoms with Crippen LogP contribution in [0, 0.1) is 0 Å². The first-order chi connectivity index (χ1) is 8.02. The highest BCUT2D eigenvalue weighted by molar-refractivity contribution is 5.91. The topological polar surface area (TPSA) is 79.5 Å². The summed E-state index contributed by atoms with van der Waals surface area (Å²) < 4.78 is 5.29. The average Bonchev–Trinajstić information content (AvgIpc) is 2.74. The number of aliphatic carboxylic acids is 1. The van der Waals surface area contributed by atoms with Crippen molar-refractivity contribution in [3.63, 3.8) is 0 Å². The molecule has 0 radical (unpaired) electrons. The lowest BCUT2D eigenvalue weighted by molar-refractivity contribution is -0.137. The average molecular weight is 239 g/mol. The van der Waals surface area contributed by atoms with E-state index in [4.69, 9.17) is 9.52 Å². The van der Waals surface area contributed by atoms with Gasteiger partial charge < -0.3 is 14.8 Å². The van der Waals surface area contributed by atoms with Crippen molar-refractivity contribution in [1.82, 2.24) is 5.32 Å². The Kier molecular flexibility index (Phi) is 4.75. The van der Waals surface area contributed by atoms with Gasteiger partial charge in [0.05, 0.1) is 0 Å². The molecule has 1 aromatic rings. The molecule has 1 aromatic heterocycles. The minimum atomic E-state index is -0.864. The van der Waals surface area contributed by atoms with Gasteiger partial charge in [0.2, 0.25) is 0 Å². The molecule has 5 nitrogen and oxygen atoms in total. The molecule has 94 valence electrons. The molecule has 0 fully saturated rings. The molecule has 0 bridgehead atoms. The Morgan fingerprint density at radius 1 is 1.47 bits per heavy atom.